The second kappa shape index (κ2) is 17.4. The molecule has 1 unspecified atom stereocenters. The molecular formula is C32H60O3SiSn. The van der Waals surface area contributed by atoms with Crippen molar-refractivity contribution in [1.82, 2.24) is 0 Å². The van der Waals surface area contributed by atoms with Crippen LogP contribution in [0.2, 0.25) is 31.4 Å². The fourth-order valence-corrected chi connectivity index (χ4v) is 22.4. The standard InChI is InChI=1S/C20H33O3Si.3C4H9.Sn/c1-17(22-16-18-11-13-19(21-5)14-12-18)10-8-9-15-23-24(6,7)20(2,3)4;3*1-3-4-2;/h8,11-14,17H,10,15-16H2,1-7H3;3*1,3-4H2,2H3;. The van der Waals surface area contributed by atoms with E-state index < -0.39 is 26.7 Å². The van der Waals surface area contributed by atoms with E-state index >= 15 is 0 Å². The molecule has 5 heteroatoms. The van der Waals surface area contributed by atoms with Crippen LogP contribution >= 0.6 is 0 Å². The summed E-state index contributed by atoms with van der Waals surface area (Å²) in [5.74, 6) is 0.890. The van der Waals surface area contributed by atoms with Crippen molar-refractivity contribution in [3.05, 3.63) is 39.5 Å². The van der Waals surface area contributed by atoms with E-state index in [0.29, 0.717) is 6.61 Å². The molecule has 0 heterocycles. The first-order valence-corrected chi connectivity index (χ1v) is 25.4. The zero-order valence-corrected chi connectivity index (χ0v) is 30.0. The van der Waals surface area contributed by atoms with Gasteiger partial charge in [-0.1, -0.05) is 0 Å². The number of methoxy groups -OCH3 is 1. The molecular weight excluding hydrogens is 579 g/mol. The maximum atomic E-state index is 6.96. The van der Waals surface area contributed by atoms with Gasteiger partial charge in [0.25, 0.3) is 0 Å². The average Bonchev–Trinajstić information content (AvgIpc) is 2.87. The van der Waals surface area contributed by atoms with Gasteiger partial charge in [0.1, 0.15) is 0 Å². The fourth-order valence-electron chi connectivity index (χ4n) is 4.64. The number of hydrogen-bond donors (Lipinski definition) is 0. The Hall–Kier alpha value is -0.304. The van der Waals surface area contributed by atoms with Crippen molar-refractivity contribution in [1.29, 1.82) is 0 Å². The summed E-state index contributed by atoms with van der Waals surface area (Å²) in [5.41, 5.74) is 1.19. The molecule has 0 amide bonds. The molecule has 0 aliphatic rings. The normalized spacial score (nSPS) is 14.2. The second-order valence-electron chi connectivity index (χ2n) is 12.6. The monoisotopic (exact) mass is 640 g/mol. The van der Waals surface area contributed by atoms with E-state index in [2.05, 4.69) is 79.8 Å². The van der Waals surface area contributed by atoms with E-state index in [-0.39, 0.29) is 11.1 Å². The van der Waals surface area contributed by atoms with Gasteiger partial charge in [-0.3, -0.25) is 0 Å². The Labute approximate surface area is 236 Å². The molecule has 214 valence electrons. The predicted octanol–water partition coefficient (Wildman–Crippen LogP) is 10.3. The summed E-state index contributed by atoms with van der Waals surface area (Å²) in [6.07, 6.45) is 11.8. The molecule has 1 atom stereocenters. The van der Waals surface area contributed by atoms with Crippen LogP contribution in [0.1, 0.15) is 99.0 Å². The molecule has 0 saturated heterocycles. The molecule has 3 nitrogen and oxygen atoms in total. The number of ether oxygens (including phenoxy) is 2. The molecule has 0 fully saturated rings. The van der Waals surface area contributed by atoms with Crippen molar-refractivity contribution in [2.75, 3.05) is 13.7 Å². The summed E-state index contributed by atoms with van der Waals surface area (Å²) >= 11 is -2.58. The van der Waals surface area contributed by atoms with E-state index in [1.54, 1.807) is 10.7 Å². The minimum atomic E-state index is -2.58. The Kier molecular flexibility index (Phi) is 16.3. The molecule has 1 aromatic carbocycles. The van der Waals surface area contributed by atoms with Crippen molar-refractivity contribution < 1.29 is 13.9 Å². The summed E-state index contributed by atoms with van der Waals surface area (Å²) in [5, 5.41) is 0.237. The zero-order valence-electron chi connectivity index (χ0n) is 26.2. The van der Waals surface area contributed by atoms with Gasteiger partial charge in [-0.2, -0.15) is 0 Å². The Bertz CT molecular complexity index is 745. The van der Waals surface area contributed by atoms with Crippen molar-refractivity contribution in [2.24, 2.45) is 0 Å². The Balaban J connectivity index is 3.18. The van der Waals surface area contributed by atoms with Gasteiger partial charge in [0.05, 0.1) is 0 Å². The van der Waals surface area contributed by atoms with E-state index in [9.17, 15) is 0 Å². The van der Waals surface area contributed by atoms with Gasteiger partial charge in [-0.05, 0) is 0 Å². The molecule has 1 rings (SSSR count). The predicted molar refractivity (Wildman–Crippen MR) is 168 cm³/mol. The average molecular weight is 640 g/mol. The third kappa shape index (κ3) is 12.2. The van der Waals surface area contributed by atoms with Crippen LogP contribution in [0.15, 0.2) is 33.9 Å². The number of unbranched alkanes of at least 4 members (excludes halogenated alkanes) is 3. The van der Waals surface area contributed by atoms with E-state index in [1.165, 1.54) is 57.4 Å². The quantitative estimate of drug-likeness (QED) is 0.141. The summed E-state index contributed by atoms with van der Waals surface area (Å²) in [4.78, 5) is 0. The van der Waals surface area contributed by atoms with Gasteiger partial charge in [0.15, 0.2) is 0 Å². The molecule has 0 aliphatic carbocycles. The molecule has 37 heavy (non-hydrogen) atoms. The van der Waals surface area contributed by atoms with Crippen LogP contribution in [0.3, 0.4) is 0 Å². The van der Waals surface area contributed by atoms with Gasteiger partial charge in [-0.25, -0.2) is 0 Å². The van der Waals surface area contributed by atoms with Gasteiger partial charge < -0.3 is 0 Å². The summed E-state index contributed by atoms with van der Waals surface area (Å²) in [6, 6.07) is 8.22. The third-order valence-electron chi connectivity index (χ3n) is 8.49. The molecule has 0 bridgehead atoms. The number of hydrogen-bond acceptors (Lipinski definition) is 3. The topological polar surface area (TPSA) is 27.7 Å². The summed E-state index contributed by atoms with van der Waals surface area (Å²) < 4.78 is 24.8. The molecule has 0 spiro atoms. The van der Waals surface area contributed by atoms with E-state index in [4.69, 9.17) is 13.9 Å². The van der Waals surface area contributed by atoms with Crippen LogP contribution in [-0.2, 0) is 15.8 Å². The zero-order chi connectivity index (χ0) is 28.0. The number of benzene rings is 1. The first-order chi connectivity index (χ1) is 17.4. The molecule has 0 N–H and O–H groups in total. The SMILES string of the molecule is CCC[CH2][Sn]([CH2]CCC)([CH2]CCC)/[C](=C\CC(C)OCc1ccc(OC)cc1)CO[Si](C)(C)C(C)(C)C. The van der Waals surface area contributed by atoms with Crippen LogP contribution in [0.5, 0.6) is 5.75 Å². The van der Waals surface area contributed by atoms with E-state index in [0.717, 1.165) is 18.8 Å². The first-order valence-electron chi connectivity index (χ1n) is 15.0. The molecule has 0 saturated carbocycles. The Morgan fingerprint density at radius 2 is 1.43 bits per heavy atom. The number of rotatable bonds is 19. The Morgan fingerprint density at radius 1 is 0.919 bits per heavy atom. The molecule has 0 radical (unpaired) electrons. The molecule has 0 aromatic heterocycles. The van der Waals surface area contributed by atoms with Gasteiger partial charge in [-0.15, -0.1) is 0 Å². The minimum absolute atomic E-state index is 0.192. The fraction of sp³-hybridized carbons (Fsp3) is 0.750. The van der Waals surface area contributed by atoms with Crippen molar-refractivity contribution >= 4 is 26.7 Å². The maximum absolute atomic E-state index is 6.96. The van der Waals surface area contributed by atoms with Crippen molar-refractivity contribution in [3.63, 3.8) is 0 Å². The summed E-state index contributed by atoms with van der Waals surface area (Å²) in [7, 11) is -0.105. The van der Waals surface area contributed by atoms with Crippen LogP contribution in [0, 0.1) is 0 Å². The van der Waals surface area contributed by atoms with Gasteiger partial charge in [0.2, 0.25) is 0 Å². The van der Waals surface area contributed by atoms with Crippen LogP contribution in [0.25, 0.3) is 0 Å². The van der Waals surface area contributed by atoms with Crippen molar-refractivity contribution in [2.45, 2.75) is 138 Å². The summed E-state index contributed by atoms with van der Waals surface area (Å²) in [6.45, 7) is 22.7. The van der Waals surface area contributed by atoms with Crippen LogP contribution in [0.4, 0.5) is 0 Å². The van der Waals surface area contributed by atoms with Crippen LogP contribution in [-0.4, -0.2) is 46.5 Å². The third-order valence-corrected chi connectivity index (χ3v) is 29.1. The Morgan fingerprint density at radius 3 is 1.86 bits per heavy atom. The molecule has 0 aliphatic heterocycles. The van der Waals surface area contributed by atoms with Crippen molar-refractivity contribution in [3.8, 4) is 5.75 Å². The van der Waals surface area contributed by atoms with Crippen LogP contribution < -0.4 is 4.74 Å². The van der Waals surface area contributed by atoms with E-state index in [1.807, 2.05) is 12.1 Å². The van der Waals surface area contributed by atoms with Gasteiger partial charge in [0, 0.05) is 0 Å². The first kappa shape index (κ1) is 34.7. The second-order valence-corrected chi connectivity index (χ2v) is 30.8. The molecule has 1 aromatic rings. The van der Waals surface area contributed by atoms with Gasteiger partial charge >= 0.3 is 237 Å².